The molecule has 0 spiro atoms. The molecule has 0 unspecified atom stereocenters. The number of anilines is 1. The van der Waals surface area contributed by atoms with Gasteiger partial charge < -0.3 is 15.7 Å². The SMILES string of the molecule is CC1(NC(=O)Nc2ccccc2C(=O)O)CC1. The highest BCUT2D eigenvalue weighted by Crippen LogP contribution is 2.34. The first-order valence-corrected chi connectivity index (χ1v) is 5.42. The lowest BCUT2D eigenvalue weighted by Crippen LogP contribution is -2.37. The minimum atomic E-state index is -1.06. The lowest BCUT2D eigenvalue weighted by molar-refractivity contribution is 0.0698. The third-order valence-corrected chi connectivity index (χ3v) is 2.82. The van der Waals surface area contributed by atoms with Crippen molar-refractivity contribution in [3.05, 3.63) is 29.8 Å². The Morgan fingerprint density at radius 2 is 1.94 bits per heavy atom. The van der Waals surface area contributed by atoms with Crippen LogP contribution < -0.4 is 10.6 Å². The van der Waals surface area contributed by atoms with Gasteiger partial charge in [-0.3, -0.25) is 0 Å². The number of rotatable bonds is 3. The van der Waals surface area contributed by atoms with Gasteiger partial charge in [0.25, 0.3) is 0 Å². The Morgan fingerprint density at radius 3 is 2.53 bits per heavy atom. The molecule has 5 heteroatoms. The summed E-state index contributed by atoms with van der Waals surface area (Å²) in [4.78, 5) is 22.6. The summed E-state index contributed by atoms with van der Waals surface area (Å²) in [6.07, 6.45) is 1.92. The predicted molar refractivity (Wildman–Crippen MR) is 63.2 cm³/mol. The highest BCUT2D eigenvalue weighted by Gasteiger charge is 2.38. The fourth-order valence-corrected chi connectivity index (χ4v) is 1.52. The number of hydrogen-bond acceptors (Lipinski definition) is 2. The molecule has 1 aromatic rings. The zero-order chi connectivity index (χ0) is 12.5. The van der Waals surface area contributed by atoms with Crippen LogP contribution in [0.15, 0.2) is 24.3 Å². The van der Waals surface area contributed by atoms with E-state index in [2.05, 4.69) is 10.6 Å². The van der Waals surface area contributed by atoms with Crippen molar-refractivity contribution in [2.75, 3.05) is 5.32 Å². The molecule has 1 aliphatic rings. The third-order valence-electron chi connectivity index (χ3n) is 2.82. The van der Waals surface area contributed by atoms with Crippen molar-refractivity contribution in [2.45, 2.75) is 25.3 Å². The number of carbonyl (C=O) groups is 2. The van der Waals surface area contributed by atoms with Gasteiger partial charge in [-0.2, -0.15) is 0 Å². The number of amides is 2. The number of nitrogens with one attached hydrogen (secondary N) is 2. The molecule has 17 heavy (non-hydrogen) atoms. The first-order valence-electron chi connectivity index (χ1n) is 5.42. The van der Waals surface area contributed by atoms with E-state index < -0.39 is 5.97 Å². The summed E-state index contributed by atoms with van der Waals surface area (Å²) in [6.45, 7) is 1.95. The van der Waals surface area contributed by atoms with Crippen molar-refractivity contribution in [3.8, 4) is 0 Å². The summed E-state index contributed by atoms with van der Waals surface area (Å²) in [5.74, 6) is -1.06. The van der Waals surface area contributed by atoms with Gasteiger partial charge in [-0.15, -0.1) is 0 Å². The second kappa shape index (κ2) is 4.08. The van der Waals surface area contributed by atoms with Crippen LogP contribution in [0.3, 0.4) is 0 Å². The average molecular weight is 234 g/mol. The molecule has 5 nitrogen and oxygen atoms in total. The van der Waals surface area contributed by atoms with Crippen molar-refractivity contribution in [2.24, 2.45) is 0 Å². The van der Waals surface area contributed by atoms with Gasteiger partial charge in [0.1, 0.15) is 0 Å². The van der Waals surface area contributed by atoms with E-state index in [4.69, 9.17) is 5.11 Å². The van der Waals surface area contributed by atoms with E-state index in [9.17, 15) is 9.59 Å². The number of benzene rings is 1. The van der Waals surface area contributed by atoms with Crippen LogP contribution in [0, 0.1) is 0 Å². The summed E-state index contributed by atoms with van der Waals surface area (Å²) < 4.78 is 0. The van der Waals surface area contributed by atoms with Crippen molar-refractivity contribution in [1.29, 1.82) is 0 Å². The Hall–Kier alpha value is -2.04. The lowest BCUT2D eigenvalue weighted by Gasteiger charge is -2.13. The number of para-hydroxylation sites is 1. The third kappa shape index (κ3) is 2.75. The molecule has 2 amide bonds. The Labute approximate surface area is 98.8 Å². The van der Waals surface area contributed by atoms with E-state index in [0.29, 0.717) is 5.69 Å². The molecule has 0 bridgehead atoms. The molecule has 0 radical (unpaired) electrons. The zero-order valence-corrected chi connectivity index (χ0v) is 9.49. The smallest absolute Gasteiger partial charge is 0.337 e. The van der Waals surface area contributed by atoms with Gasteiger partial charge in [-0.25, -0.2) is 9.59 Å². The Morgan fingerprint density at radius 1 is 1.29 bits per heavy atom. The van der Waals surface area contributed by atoms with Crippen LogP contribution in [-0.4, -0.2) is 22.6 Å². The molecule has 0 aliphatic heterocycles. The molecule has 90 valence electrons. The van der Waals surface area contributed by atoms with Gasteiger partial charge in [0.15, 0.2) is 0 Å². The molecule has 1 aromatic carbocycles. The van der Waals surface area contributed by atoms with Gasteiger partial charge in [0.2, 0.25) is 0 Å². The summed E-state index contributed by atoms with van der Waals surface area (Å²) in [6, 6.07) is 5.96. The molecular weight excluding hydrogens is 220 g/mol. The maximum Gasteiger partial charge on any atom is 0.337 e. The molecule has 0 heterocycles. The largest absolute Gasteiger partial charge is 0.478 e. The van der Waals surface area contributed by atoms with Crippen LogP contribution in [0.4, 0.5) is 10.5 Å². The molecular formula is C12H14N2O3. The number of hydrogen-bond donors (Lipinski definition) is 3. The molecule has 0 atom stereocenters. The van der Waals surface area contributed by atoms with E-state index in [1.807, 2.05) is 6.92 Å². The van der Waals surface area contributed by atoms with Crippen LogP contribution in [0.25, 0.3) is 0 Å². The van der Waals surface area contributed by atoms with Crippen LogP contribution in [0.5, 0.6) is 0 Å². The summed E-state index contributed by atoms with van der Waals surface area (Å²) >= 11 is 0. The number of carboxylic acid groups (broad SMARTS) is 1. The van der Waals surface area contributed by atoms with Crippen LogP contribution in [0.1, 0.15) is 30.1 Å². The number of aromatic carboxylic acids is 1. The standard InChI is InChI=1S/C12H14N2O3/c1-12(6-7-12)14-11(17)13-9-5-3-2-4-8(9)10(15)16/h2-5H,6-7H2,1H3,(H,15,16)(H2,13,14,17). The highest BCUT2D eigenvalue weighted by molar-refractivity contribution is 6.00. The summed E-state index contributed by atoms with van der Waals surface area (Å²) in [5.41, 5.74) is 0.271. The molecule has 1 fully saturated rings. The van der Waals surface area contributed by atoms with E-state index >= 15 is 0 Å². The summed E-state index contributed by atoms with van der Waals surface area (Å²) in [7, 11) is 0. The van der Waals surface area contributed by atoms with E-state index in [1.54, 1.807) is 18.2 Å². The average Bonchev–Trinajstić information content (AvgIpc) is 2.96. The maximum absolute atomic E-state index is 11.6. The van der Waals surface area contributed by atoms with E-state index in [0.717, 1.165) is 12.8 Å². The minimum Gasteiger partial charge on any atom is -0.478 e. The van der Waals surface area contributed by atoms with Crippen molar-refractivity contribution >= 4 is 17.7 Å². The monoisotopic (exact) mass is 234 g/mol. The van der Waals surface area contributed by atoms with Gasteiger partial charge in [-0.1, -0.05) is 12.1 Å². The van der Waals surface area contributed by atoms with Gasteiger partial charge in [0, 0.05) is 5.54 Å². The fourth-order valence-electron chi connectivity index (χ4n) is 1.52. The maximum atomic E-state index is 11.6. The van der Waals surface area contributed by atoms with Gasteiger partial charge >= 0.3 is 12.0 Å². The van der Waals surface area contributed by atoms with Crippen molar-refractivity contribution in [1.82, 2.24) is 5.32 Å². The van der Waals surface area contributed by atoms with E-state index in [1.165, 1.54) is 6.07 Å². The molecule has 3 N–H and O–H groups in total. The van der Waals surface area contributed by atoms with Crippen molar-refractivity contribution < 1.29 is 14.7 Å². The van der Waals surface area contributed by atoms with Crippen molar-refractivity contribution in [3.63, 3.8) is 0 Å². The van der Waals surface area contributed by atoms with E-state index in [-0.39, 0.29) is 17.1 Å². The highest BCUT2D eigenvalue weighted by atomic mass is 16.4. The van der Waals surface area contributed by atoms with Crippen LogP contribution in [-0.2, 0) is 0 Å². The Bertz CT molecular complexity index is 467. The van der Waals surface area contributed by atoms with Crippen LogP contribution >= 0.6 is 0 Å². The number of urea groups is 1. The number of carboxylic acids is 1. The minimum absolute atomic E-state index is 0.0867. The number of carbonyl (C=O) groups excluding carboxylic acids is 1. The topological polar surface area (TPSA) is 78.4 Å². The fraction of sp³-hybridized carbons (Fsp3) is 0.333. The molecule has 0 saturated heterocycles. The first-order chi connectivity index (χ1) is 8.00. The molecule has 2 rings (SSSR count). The quantitative estimate of drug-likeness (QED) is 0.749. The van der Waals surface area contributed by atoms with Crippen LogP contribution in [0.2, 0.25) is 0 Å². The second-order valence-corrected chi connectivity index (χ2v) is 4.49. The summed E-state index contributed by atoms with van der Waals surface area (Å²) in [5, 5.41) is 14.3. The first kappa shape index (κ1) is 11.4. The predicted octanol–water partition coefficient (Wildman–Crippen LogP) is 2.06. The Balaban J connectivity index is 2.07. The Kier molecular flexibility index (Phi) is 2.75. The second-order valence-electron chi connectivity index (χ2n) is 4.49. The lowest BCUT2D eigenvalue weighted by atomic mass is 10.2. The van der Waals surface area contributed by atoms with Gasteiger partial charge in [-0.05, 0) is 31.9 Å². The molecule has 0 aromatic heterocycles. The normalized spacial score (nSPS) is 16.1. The molecule has 1 saturated carbocycles. The zero-order valence-electron chi connectivity index (χ0n) is 9.49. The van der Waals surface area contributed by atoms with Gasteiger partial charge in [0.05, 0.1) is 11.3 Å². The molecule has 1 aliphatic carbocycles.